The summed E-state index contributed by atoms with van der Waals surface area (Å²) in [7, 11) is -3.03. The van der Waals surface area contributed by atoms with E-state index in [-0.39, 0.29) is 0 Å². The minimum Gasteiger partial charge on any atom is -0.307 e. The molecular weight excluding hydrogens is 284 g/mol. The molecule has 1 unspecified atom stereocenters. The number of hydrogen-bond donors (Lipinski definition) is 1. The molecule has 0 bridgehead atoms. The van der Waals surface area contributed by atoms with Gasteiger partial charge in [0.25, 0.3) is 0 Å². The van der Waals surface area contributed by atoms with Crippen LogP contribution in [0.3, 0.4) is 0 Å². The lowest BCUT2D eigenvalue weighted by molar-refractivity contribution is 0.274. The first kappa shape index (κ1) is 15.0. The normalized spacial score (nSPS) is 24.2. The van der Waals surface area contributed by atoms with E-state index in [1.165, 1.54) is 22.9 Å². The molecule has 0 saturated carbocycles. The predicted molar refractivity (Wildman–Crippen MR) is 84.8 cm³/mol. The van der Waals surface area contributed by atoms with Crippen LogP contribution in [0.4, 0.5) is 0 Å². The van der Waals surface area contributed by atoms with Crippen molar-refractivity contribution in [2.45, 2.75) is 44.7 Å². The average molecular weight is 308 g/mol. The van der Waals surface area contributed by atoms with Gasteiger partial charge in [-0.15, -0.1) is 0 Å². The van der Waals surface area contributed by atoms with Crippen molar-refractivity contribution < 1.29 is 8.42 Å². The summed E-state index contributed by atoms with van der Waals surface area (Å²) < 4.78 is 24.7. The van der Waals surface area contributed by atoms with E-state index < -0.39 is 10.0 Å². The molecular formula is C16H24N2O2S. The Morgan fingerprint density at radius 2 is 1.90 bits per heavy atom. The molecule has 0 aromatic heterocycles. The summed E-state index contributed by atoms with van der Waals surface area (Å²) in [6.45, 7) is 3.42. The predicted octanol–water partition coefficient (Wildman–Crippen LogP) is 2.00. The van der Waals surface area contributed by atoms with Gasteiger partial charge in [-0.25, -0.2) is 12.7 Å². The zero-order valence-corrected chi connectivity index (χ0v) is 13.6. The van der Waals surface area contributed by atoms with Gasteiger partial charge in [-0.1, -0.05) is 23.8 Å². The van der Waals surface area contributed by atoms with Gasteiger partial charge >= 0.3 is 0 Å². The first-order valence-corrected chi connectivity index (χ1v) is 9.59. The highest BCUT2D eigenvalue weighted by Gasteiger charge is 2.29. The van der Waals surface area contributed by atoms with Gasteiger partial charge in [-0.3, -0.25) is 0 Å². The van der Waals surface area contributed by atoms with E-state index in [4.69, 9.17) is 0 Å². The van der Waals surface area contributed by atoms with Crippen LogP contribution in [-0.4, -0.2) is 38.1 Å². The van der Waals surface area contributed by atoms with Crippen molar-refractivity contribution in [1.82, 2.24) is 9.62 Å². The summed E-state index contributed by atoms with van der Waals surface area (Å²) >= 11 is 0. The van der Waals surface area contributed by atoms with Gasteiger partial charge in [0.05, 0.1) is 6.26 Å². The molecule has 1 aliphatic carbocycles. The number of nitrogens with zero attached hydrogens (tertiary/aromatic N) is 1. The van der Waals surface area contributed by atoms with Crippen molar-refractivity contribution >= 4 is 10.0 Å². The molecule has 5 heteroatoms. The molecule has 2 aliphatic rings. The van der Waals surface area contributed by atoms with Gasteiger partial charge < -0.3 is 5.32 Å². The second-order valence-electron chi connectivity index (χ2n) is 6.40. The van der Waals surface area contributed by atoms with E-state index in [0.29, 0.717) is 25.2 Å². The summed E-state index contributed by atoms with van der Waals surface area (Å²) in [5, 5.41) is 3.75. The molecule has 3 rings (SSSR count). The first-order chi connectivity index (χ1) is 9.93. The second kappa shape index (κ2) is 5.71. The second-order valence-corrected chi connectivity index (χ2v) is 8.38. The smallest absolute Gasteiger partial charge is 0.211 e. The molecule has 116 valence electrons. The van der Waals surface area contributed by atoms with Crippen molar-refractivity contribution in [2.24, 2.45) is 0 Å². The highest BCUT2D eigenvalue weighted by atomic mass is 32.2. The molecule has 0 amide bonds. The van der Waals surface area contributed by atoms with Gasteiger partial charge in [-0.05, 0) is 43.7 Å². The van der Waals surface area contributed by atoms with Crippen LogP contribution in [0, 0.1) is 6.92 Å². The van der Waals surface area contributed by atoms with Gasteiger partial charge in [-0.2, -0.15) is 0 Å². The quantitative estimate of drug-likeness (QED) is 0.929. The Morgan fingerprint density at radius 1 is 1.19 bits per heavy atom. The molecule has 1 aromatic carbocycles. The standard InChI is InChI=1S/C16H24N2O2S/c1-12-3-4-13-5-6-16(15(13)11-12)17-14-7-9-18(10-8-14)21(2,19)20/h3-4,11,14,16-17H,5-10H2,1-2H3. The first-order valence-electron chi connectivity index (χ1n) is 7.74. The SMILES string of the molecule is Cc1ccc2c(c1)C(NC1CCN(S(C)(=O)=O)CC1)CC2. The zero-order valence-electron chi connectivity index (χ0n) is 12.8. The molecule has 1 saturated heterocycles. The Bertz CT molecular complexity index is 619. The van der Waals surface area contributed by atoms with Gasteiger partial charge in [0, 0.05) is 25.2 Å². The summed E-state index contributed by atoms with van der Waals surface area (Å²) in [5.41, 5.74) is 4.22. The largest absolute Gasteiger partial charge is 0.307 e. The number of rotatable bonds is 3. The number of piperidine rings is 1. The summed E-state index contributed by atoms with van der Waals surface area (Å²) in [6.07, 6.45) is 5.42. The lowest BCUT2D eigenvalue weighted by atomic mass is 10.0. The third kappa shape index (κ3) is 3.30. The number of hydrogen-bond acceptors (Lipinski definition) is 3. The van der Waals surface area contributed by atoms with Crippen LogP contribution in [0.5, 0.6) is 0 Å². The van der Waals surface area contributed by atoms with E-state index in [2.05, 4.69) is 30.4 Å². The Balaban J connectivity index is 1.62. The zero-order chi connectivity index (χ0) is 15.0. The van der Waals surface area contributed by atoms with Crippen LogP contribution >= 0.6 is 0 Å². The Labute approximate surface area is 127 Å². The maximum atomic E-state index is 11.5. The molecule has 4 nitrogen and oxygen atoms in total. The van der Waals surface area contributed by atoms with E-state index in [1.54, 1.807) is 4.31 Å². The minimum atomic E-state index is -3.03. The van der Waals surface area contributed by atoms with Crippen molar-refractivity contribution in [3.8, 4) is 0 Å². The van der Waals surface area contributed by atoms with Crippen molar-refractivity contribution in [1.29, 1.82) is 0 Å². The molecule has 1 aliphatic heterocycles. The molecule has 1 fully saturated rings. The van der Waals surface area contributed by atoms with Crippen LogP contribution in [0.15, 0.2) is 18.2 Å². The Hall–Kier alpha value is -0.910. The maximum Gasteiger partial charge on any atom is 0.211 e. The van der Waals surface area contributed by atoms with Gasteiger partial charge in [0.15, 0.2) is 0 Å². The van der Waals surface area contributed by atoms with Crippen molar-refractivity contribution in [3.05, 3.63) is 34.9 Å². The fraction of sp³-hybridized carbons (Fsp3) is 0.625. The monoisotopic (exact) mass is 308 g/mol. The molecule has 1 atom stereocenters. The van der Waals surface area contributed by atoms with Crippen molar-refractivity contribution in [2.75, 3.05) is 19.3 Å². The Kier molecular flexibility index (Phi) is 4.08. The molecule has 0 radical (unpaired) electrons. The minimum absolute atomic E-state index is 0.430. The van der Waals surface area contributed by atoms with E-state index in [9.17, 15) is 8.42 Å². The van der Waals surface area contributed by atoms with Crippen LogP contribution in [0.2, 0.25) is 0 Å². The third-order valence-corrected chi connectivity index (χ3v) is 6.04. The topological polar surface area (TPSA) is 49.4 Å². The molecule has 21 heavy (non-hydrogen) atoms. The van der Waals surface area contributed by atoms with Crippen LogP contribution in [0.1, 0.15) is 42.0 Å². The number of nitrogens with one attached hydrogen (secondary N) is 1. The third-order valence-electron chi connectivity index (χ3n) is 4.74. The van der Waals surface area contributed by atoms with E-state index >= 15 is 0 Å². The van der Waals surface area contributed by atoms with Crippen LogP contribution in [0.25, 0.3) is 0 Å². The highest BCUT2D eigenvalue weighted by molar-refractivity contribution is 7.88. The lowest BCUT2D eigenvalue weighted by Gasteiger charge is -2.32. The number of fused-ring (bicyclic) bond motifs is 1. The van der Waals surface area contributed by atoms with E-state index in [0.717, 1.165) is 25.7 Å². The molecule has 1 heterocycles. The number of benzene rings is 1. The Morgan fingerprint density at radius 3 is 2.57 bits per heavy atom. The number of aryl methyl sites for hydroxylation is 2. The summed E-state index contributed by atoms with van der Waals surface area (Å²) in [4.78, 5) is 0. The van der Waals surface area contributed by atoms with E-state index in [1.807, 2.05) is 0 Å². The van der Waals surface area contributed by atoms with Crippen LogP contribution < -0.4 is 5.32 Å². The van der Waals surface area contributed by atoms with Gasteiger partial charge in [0.1, 0.15) is 0 Å². The fourth-order valence-corrected chi connectivity index (χ4v) is 4.41. The highest BCUT2D eigenvalue weighted by Crippen LogP contribution is 2.33. The maximum absolute atomic E-state index is 11.5. The van der Waals surface area contributed by atoms with Crippen LogP contribution in [-0.2, 0) is 16.4 Å². The fourth-order valence-electron chi connectivity index (χ4n) is 3.53. The average Bonchev–Trinajstić information content (AvgIpc) is 2.81. The molecule has 0 spiro atoms. The number of sulfonamides is 1. The molecule has 1 N–H and O–H groups in total. The summed E-state index contributed by atoms with van der Waals surface area (Å²) in [6, 6.07) is 7.60. The van der Waals surface area contributed by atoms with Gasteiger partial charge in [0.2, 0.25) is 10.0 Å². The van der Waals surface area contributed by atoms with Crippen molar-refractivity contribution in [3.63, 3.8) is 0 Å². The summed E-state index contributed by atoms with van der Waals surface area (Å²) in [5.74, 6) is 0. The molecule has 1 aromatic rings. The lowest BCUT2D eigenvalue weighted by Crippen LogP contribution is -2.45.